The number of nitro benzene ring substituents is 1. The molecule has 1 aliphatic carbocycles. The Morgan fingerprint density at radius 3 is 2.62 bits per heavy atom. The van der Waals surface area contributed by atoms with Crippen LogP contribution in [0.15, 0.2) is 18.2 Å². The van der Waals surface area contributed by atoms with E-state index in [1.54, 1.807) is 6.07 Å². The number of hydrogen-bond acceptors (Lipinski definition) is 4. The molecule has 1 aromatic carbocycles. The van der Waals surface area contributed by atoms with Crippen molar-refractivity contribution in [3.63, 3.8) is 0 Å². The van der Waals surface area contributed by atoms with E-state index in [0.29, 0.717) is 5.75 Å². The Hall–Kier alpha value is -1.62. The van der Waals surface area contributed by atoms with Gasteiger partial charge in [-0.1, -0.05) is 0 Å². The molecular formula is C11H14N2O3. The summed E-state index contributed by atoms with van der Waals surface area (Å²) in [6, 6.07) is 4.78. The van der Waals surface area contributed by atoms with Crippen LogP contribution >= 0.6 is 0 Å². The highest BCUT2D eigenvalue weighted by Gasteiger charge is 2.45. The summed E-state index contributed by atoms with van der Waals surface area (Å²) in [5, 5.41) is 13.9. The average molecular weight is 222 g/mol. The molecule has 0 unspecified atom stereocenters. The minimum absolute atomic E-state index is 0.0412. The van der Waals surface area contributed by atoms with Crippen LogP contribution in [-0.2, 0) is 5.54 Å². The van der Waals surface area contributed by atoms with Crippen molar-refractivity contribution in [2.75, 3.05) is 14.2 Å². The third-order valence-corrected chi connectivity index (χ3v) is 3.14. The van der Waals surface area contributed by atoms with Crippen LogP contribution in [0.25, 0.3) is 0 Å². The van der Waals surface area contributed by atoms with E-state index in [4.69, 9.17) is 4.74 Å². The zero-order chi connectivity index (χ0) is 11.8. The highest BCUT2D eigenvalue weighted by molar-refractivity contribution is 5.49. The van der Waals surface area contributed by atoms with Crippen LogP contribution in [0.2, 0.25) is 0 Å². The Labute approximate surface area is 93.6 Å². The fourth-order valence-electron chi connectivity index (χ4n) is 1.97. The molecule has 1 aromatic rings. The van der Waals surface area contributed by atoms with E-state index < -0.39 is 4.92 Å². The van der Waals surface area contributed by atoms with Gasteiger partial charge in [0.05, 0.1) is 18.1 Å². The maximum atomic E-state index is 10.6. The number of methoxy groups -OCH3 is 1. The van der Waals surface area contributed by atoms with Crippen molar-refractivity contribution in [1.82, 2.24) is 5.32 Å². The lowest BCUT2D eigenvalue weighted by molar-refractivity contribution is -0.384. The monoisotopic (exact) mass is 222 g/mol. The predicted molar refractivity (Wildman–Crippen MR) is 59.6 cm³/mol. The van der Waals surface area contributed by atoms with Crippen molar-refractivity contribution in [3.8, 4) is 5.75 Å². The van der Waals surface area contributed by atoms with Gasteiger partial charge in [0.1, 0.15) is 5.75 Å². The third kappa shape index (κ3) is 1.63. The van der Waals surface area contributed by atoms with E-state index in [-0.39, 0.29) is 11.2 Å². The average Bonchev–Trinajstić information content (AvgIpc) is 3.09. The van der Waals surface area contributed by atoms with Crippen molar-refractivity contribution in [2.24, 2.45) is 0 Å². The first-order valence-corrected chi connectivity index (χ1v) is 5.15. The molecule has 0 amide bonds. The van der Waals surface area contributed by atoms with Gasteiger partial charge in [-0.25, -0.2) is 0 Å². The van der Waals surface area contributed by atoms with Crippen LogP contribution in [0.3, 0.4) is 0 Å². The van der Waals surface area contributed by atoms with Gasteiger partial charge >= 0.3 is 0 Å². The minimum atomic E-state index is -0.411. The quantitative estimate of drug-likeness (QED) is 0.623. The number of nitrogens with one attached hydrogen (secondary N) is 1. The second-order valence-corrected chi connectivity index (χ2v) is 3.97. The van der Waals surface area contributed by atoms with Gasteiger partial charge in [0.2, 0.25) is 0 Å². The lowest BCUT2D eigenvalue weighted by Crippen LogP contribution is -2.25. The van der Waals surface area contributed by atoms with Crippen molar-refractivity contribution in [1.29, 1.82) is 0 Å². The summed E-state index contributed by atoms with van der Waals surface area (Å²) >= 11 is 0. The molecule has 0 atom stereocenters. The van der Waals surface area contributed by atoms with Crippen LogP contribution in [0.1, 0.15) is 18.4 Å². The second kappa shape index (κ2) is 3.75. The summed E-state index contributed by atoms with van der Waals surface area (Å²) in [4.78, 5) is 10.2. The van der Waals surface area contributed by atoms with Gasteiger partial charge in [-0.05, 0) is 26.0 Å². The summed E-state index contributed by atoms with van der Waals surface area (Å²) in [5.41, 5.74) is 1.02. The first kappa shape index (κ1) is 10.9. The molecule has 0 aliphatic heterocycles. The lowest BCUT2D eigenvalue weighted by Gasteiger charge is -2.17. The topological polar surface area (TPSA) is 64.4 Å². The highest BCUT2D eigenvalue weighted by atomic mass is 16.6. The number of nitrogens with zero attached hydrogens (tertiary/aromatic N) is 1. The van der Waals surface area contributed by atoms with Crippen LogP contribution in [0, 0.1) is 10.1 Å². The summed E-state index contributed by atoms with van der Waals surface area (Å²) in [6.07, 6.45) is 2.08. The van der Waals surface area contributed by atoms with Crippen molar-refractivity contribution in [3.05, 3.63) is 33.9 Å². The smallest absolute Gasteiger partial charge is 0.273 e. The second-order valence-electron chi connectivity index (χ2n) is 3.97. The normalized spacial score (nSPS) is 16.9. The number of rotatable bonds is 4. The SMILES string of the molecule is CNC1(c2ccc([N+](=O)[O-])cc2OC)CC1. The largest absolute Gasteiger partial charge is 0.496 e. The van der Waals surface area contributed by atoms with E-state index in [1.807, 2.05) is 7.05 Å². The van der Waals surface area contributed by atoms with E-state index in [0.717, 1.165) is 18.4 Å². The van der Waals surface area contributed by atoms with Crippen LogP contribution in [-0.4, -0.2) is 19.1 Å². The molecule has 1 aliphatic rings. The van der Waals surface area contributed by atoms with Crippen molar-refractivity contribution < 1.29 is 9.66 Å². The van der Waals surface area contributed by atoms with Crippen LogP contribution in [0.5, 0.6) is 5.75 Å². The molecule has 1 saturated carbocycles. The molecule has 0 spiro atoms. The molecule has 1 fully saturated rings. The molecule has 0 radical (unpaired) electrons. The number of ether oxygens (including phenoxy) is 1. The van der Waals surface area contributed by atoms with Crippen molar-refractivity contribution in [2.45, 2.75) is 18.4 Å². The molecule has 0 aromatic heterocycles. The van der Waals surface area contributed by atoms with E-state index in [2.05, 4.69) is 5.32 Å². The number of non-ortho nitro benzene ring substituents is 1. The fourth-order valence-corrected chi connectivity index (χ4v) is 1.97. The molecule has 16 heavy (non-hydrogen) atoms. The third-order valence-electron chi connectivity index (χ3n) is 3.14. The lowest BCUT2D eigenvalue weighted by atomic mass is 10.0. The van der Waals surface area contributed by atoms with Gasteiger partial charge in [0, 0.05) is 17.2 Å². The minimum Gasteiger partial charge on any atom is -0.496 e. The Kier molecular flexibility index (Phi) is 2.55. The first-order chi connectivity index (χ1) is 7.63. The zero-order valence-electron chi connectivity index (χ0n) is 9.32. The molecule has 5 nitrogen and oxygen atoms in total. The van der Waals surface area contributed by atoms with Gasteiger partial charge in [-0.3, -0.25) is 10.1 Å². The highest BCUT2D eigenvalue weighted by Crippen LogP contribution is 2.49. The first-order valence-electron chi connectivity index (χ1n) is 5.15. The standard InChI is InChI=1S/C11H14N2O3/c1-12-11(5-6-11)9-4-3-8(13(14)15)7-10(9)16-2/h3-4,7,12H,5-6H2,1-2H3. The van der Waals surface area contributed by atoms with E-state index in [9.17, 15) is 10.1 Å². The molecule has 0 bridgehead atoms. The van der Waals surface area contributed by atoms with Gasteiger partial charge < -0.3 is 10.1 Å². The Morgan fingerprint density at radius 2 is 2.19 bits per heavy atom. The van der Waals surface area contributed by atoms with Crippen LogP contribution in [0.4, 0.5) is 5.69 Å². The summed E-state index contributed by atoms with van der Waals surface area (Å²) < 4.78 is 5.22. The molecule has 0 heterocycles. The Balaban J connectivity index is 2.43. The van der Waals surface area contributed by atoms with E-state index >= 15 is 0 Å². The summed E-state index contributed by atoms with van der Waals surface area (Å²) in [6.45, 7) is 0. The summed E-state index contributed by atoms with van der Waals surface area (Å²) in [7, 11) is 3.43. The zero-order valence-corrected chi connectivity index (χ0v) is 9.32. The van der Waals surface area contributed by atoms with Crippen molar-refractivity contribution >= 4 is 5.69 Å². The number of hydrogen-bond donors (Lipinski definition) is 1. The maximum Gasteiger partial charge on any atom is 0.273 e. The fraction of sp³-hybridized carbons (Fsp3) is 0.455. The molecule has 86 valence electrons. The predicted octanol–water partition coefficient (Wildman–Crippen LogP) is 1.81. The molecular weight excluding hydrogens is 208 g/mol. The van der Waals surface area contributed by atoms with Gasteiger partial charge in [0.25, 0.3) is 5.69 Å². The Morgan fingerprint density at radius 1 is 1.50 bits per heavy atom. The maximum absolute atomic E-state index is 10.6. The van der Waals surface area contributed by atoms with E-state index in [1.165, 1.54) is 19.2 Å². The number of benzene rings is 1. The molecule has 0 saturated heterocycles. The number of nitro groups is 1. The molecule has 1 N–H and O–H groups in total. The summed E-state index contributed by atoms with van der Waals surface area (Å²) in [5.74, 6) is 0.584. The van der Waals surface area contributed by atoms with Gasteiger partial charge in [0.15, 0.2) is 0 Å². The Bertz CT molecular complexity index is 427. The van der Waals surface area contributed by atoms with Crippen LogP contribution < -0.4 is 10.1 Å². The molecule has 5 heteroatoms. The van der Waals surface area contributed by atoms with Gasteiger partial charge in [-0.15, -0.1) is 0 Å². The molecule has 2 rings (SSSR count). The van der Waals surface area contributed by atoms with Gasteiger partial charge in [-0.2, -0.15) is 0 Å².